The molecular weight excluding hydrogens is 448 g/mol. The number of aryl methyl sites for hydroxylation is 2. The number of anilines is 1. The highest BCUT2D eigenvalue weighted by molar-refractivity contribution is 6.31. The van der Waals surface area contributed by atoms with E-state index in [2.05, 4.69) is 10.3 Å². The zero-order valence-corrected chi connectivity index (χ0v) is 19.4. The molecule has 34 heavy (non-hydrogen) atoms. The molecule has 6 heteroatoms. The van der Waals surface area contributed by atoms with Gasteiger partial charge in [-0.25, -0.2) is 4.98 Å². The van der Waals surface area contributed by atoms with Crippen molar-refractivity contribution in [3.05, 3.63) is 101 Å². The van der Waals surface area contributed by atoms with Crippen molar-refractivity contribution in [1.29, 1.82) is 0 Å². The molecular formula is C28H21ClN2O3. The molecule has 2 heterocycles. The first-order valence-corrected chi connectivity index (χ1v) is 11.2. The summed E-state index contributed by atoms with van der Waals surface area (Å²) in [6.45, 7) is 3.98. The second-order valence-electron chi connectivity index (χ2n) is 8.06. The molecule has 0 aliphatic heterocycles. The minimum atomic E-state index is -0.280. The molecule has 5 aromatic rings. The Kier molecular flexibility index (Phi) is 5.78. The average molecular weight is 469 g/mol. The molecule has 168 valence electrons. The van der Waals surface area contributed by atoms with Crippen LogP contribution >= 0.6 is 11.6 Å². The summed E-state index contributed by atoms with van der Waals surface area (Å²) in [6, 6.07) is 22.7. The van der Waals surface area contributed by atoms with E-state index in [1.165, 1.54) is 11.6 Å². The van der Waals surface area contributed by atoms with Crippen molar-refractivity contribution in [3.63, 3.8) is 0 Å². The number of oxazole rings is 1. The number of hydrogen-bond acceptors (Lipinski definition) is 4. The molecule has 0 saturated carbocycles. The zero-order valence-electron chi connectivity index (χ0n) is 18.6. The lowest BCUT2D eigenvalue weighted by atomic mass is 10.1. The van der Waals surface area contributed by atoms with Crippen molar-refractivity contribution in [2.24, 2.45) is 0 Å². The Morgan fingerprint density at radius 3 is 2.50 bits per heavy atom. The van der Waals surface area contributed by atoms with E-state index in [-0.39, 0.29) is 5.91 Å². The number of carbonyl (C=O) groups excluding carboxylic acids is 1. The summed E-state index contributed by atoms with van der Waals surface area (Å²) in [4.78, 5) is 17.0. The number of hydrogen-bond donors (Lipinski definition) is 1. The van der Waals surface area contributed by atoms with E-state index in [9.17, 15) is 4.79 Å². The van der Waals surface area contributed by atoms with E-state index >= 15 is 0 Å². The van der Waals surface area contributed by atoms with Gasteiger partial charge in [-0.2, -0.15) is 0 Å². The fourth-order valence-electron chi connectivity index (χ4n) is 3.51. The molecule has 0 radical (unpaired) electrons. The van der Waals surface area contributed by atoms with Gasteiger partial charge in [0.1, 0.15) is 17.0 Å². The molecule has 0 aliphatic rings. The highest BCUT2D eigenvalue weighted by atomic mass is 35.5. The summed E-state index contributed by atoms with van der Waals surface area (Å²) >= 11 is 6.21. The third kappa shape index (κ3) is 4.65. The molecule has 1 N–H and O–H groups in total. The van der Waals surface area contributed by atoms with Crippen molar-refractivity contribution < 1.29 is 13.6 Å². The maximum absolute atomic E-state index is 12.4. The minimum absolute atomic E-state index is 0.280. The van der Waals surface area contributed by atoms with Crippen LogP contribution in [-0.4, -0.2) is 10.9 Å². The van der Waals surface area contributed by atoms with Gasteiger partial charge < -0.3 is 14.2 Å². The molecule has 0 fully saturated rings. The van der Waals surface area contributed by atoms with E-state index in [0.29, 0.717) is 39.2 Å². The van der Waals surface area contributed by atoms with Crippen LogP contribution < -0.4 is 5.32 Å². The Balaban J connectivity index is 1.27. The second kappa shape index (κ2) is 9.04. The van der Waals surface area contributed by atoms with Crippen molar-refractivity contribution in [3.8, 4) is 22.8 Å². The Morgan fingerprint density at radius 1 is 0.912 bits per heavy atom. The number of halogens is 1. The largest absolute Gasteiger partial charge is 0.457 e. The van der Waals surface area contributed by atoms with Crippen LogP contribution in [0, 0.1) is 13.8 Å². The molecule has 0 saturated heterocycles. The maximum Gasteiger partial charge on any atom is 0.248 e. The van der Waals surface area contributed by atoms with Gasteiger partial charge in [-0.1, -0.05) is 41.4 Å². The van der Waals surface area contributed by atoms with Gasteiger partial charge in [0.15, 0.2) is 5.58 Å². The Hall–Kier alpha value is -4.09. The van der Waals surface area contributed by atoms with Crippen LogP contribution in [0.5, 0.6) is 0 Å². The molecule has 0 spiro atoms. The van der Waals surface area contributed by atoms with Crippen LogP contribution in [0.15, 0.2) is 87.7 Å². The number of amides is 1. The van der Waals surface area contributed by atoms with Crippen molar-refractivity contribution in [2.75, 3.05) is 5.32 Å². The van der Waals surface area contributed by atoms with Crippen molar-refractivity contribution >= 4 is 40.4 Å². The summed E-state index contributed by atoms with van der Waals surface area (Å²) in [5.74, 6) is 1.51. The summed E-state index contributed by atoms with van der Waals surface area (Å²) in [6.07, 6.45) is 3.05. The smallest absolute Gasteiger partial charge is 0.248 e. The van der Waals surface area contributed by atoms with Crippen LogP contribution in [-0.2, 0) is 4.79 Å². The standard InChI is InChI=1S/C28H21ClN2O3/c1-17-3-6-19(7-4-17)28-31-24-16-21(9-12-26(24)34-28)30-27(32)14-11-22-10-13-25(33-22)20-8-5-18(2)23(29)15-20/h3-16H,1-2H3,(H,30,32)/b14-11+. The number of rotatable bonds is 5. The van der Waals surface area contributed by atoms with Gasteiger partial charge in [-0.05, 0) is 74.0 Å². The van der Waals surface area contributed by atoms with E-state index in [1.54, 1.807) is 30.3 Å². The van der Waals surface area contributed by atoms with Gasteiger partial charge in [-0.3, -0.25) is 4.79 Å². The third-order valence-corrected chi connectivity index (χ3v) is 5.84. The summed E-state index contributed by atoms with van der Waals surface area (Å²) in [5.41, 5.74) is 5.91. The van der Waals surface area contributed by atoms with Crippen molar-refractivity contribution in [2.45, 2.75) is 13.8 Å². The molecule has 5 nitrogen and oxygen atoms in total. The number of carbonyl (C=O) groups is 1. The predicted molar refractivity (Wildman–Crippen MR) is 136 cm³/mol. The third-order valence-electron chi connectivity index (χ3n) is 5.44. The molecule has 1 amide bonds. The Morgan fingerprint density at radius 2 is 1.71 bits per heavy atom. The second-order valence-corrected chi connectivity index (χ2v) is 8.46. The van der Waals surface area contributed by atoms with Gasteiger partial charge in [-0.15, -0.1) is 0 Å². The lowest BCUT2D eigenvalue weighted by Gasteiger charge is -2.01. The number of aromatic nitrogens is 1. The quantitative estimate of drug-likeness (QED) is 0.268. The molecule has 0 unspecified atom stereocenters. The molecule has 5 rings (SSSR count). The van der Waals surface area contributed by atoms with Gasteiger partial charge >= 0.3 is 0 Å². The molecule has 0 aliphatic carbocycles. The molecule has 0 bridgehead atoms. The van der Waals surface area contributed by atoms with Crippen molar-refractivity contribution in [1.82, 2.24) is 4.98 Å². The molecule has 0 atom stereocenters. The Labute approximate surface area is 201 Å². The summed E-state index contributed by atoms with van der Waals surface area (Å²) in [5, 5.41) is 3.53. The van der Waals surface area contributed by atoms with Crippen LogP contribution in [0.3, 0.4) is 0 Å². The zero-order chi connectivity index (χ0) is 23.7. The number of fused-ring (bicyclic) bond motifs is 1. The van der Waals surface area contributed by atoms with E-state index in [0.717, 1.165) is 16.7 Å². The normalized spacial score (nSPS) is 11.4. The highest BCUT2D eigenvalue weighted by Crippen LogP contribution is 2.28. The predicted octanol–water partition coefficient (Wildman–Crippen LogP) is 7.68. The maximum atomic E-state index is 12.4. The van der Waals surface area contributed by atoms with Gasteiger partial charge in [0.2, 0.25) is 11.8 Å². The first-order valence-electron chi connectivity index (χ1n) is 10.8. The minimum Gasteiger partial charge on any atom is -0.457 e. The Bertz CT molecular complexity index is 1530. The number of benzene rings is 3. The number of nitrogens with one attached hydrogen (secondary N) is 1. The van der Waals surface area contributed by atoms with Crippen LogP contribution in [0.4, 0.5) is 5.69 Å². The topological polar surface area (TPSA) is 68.3 Å². The lowest BCUT2D eigenvalue weighted by Crippen LogP contribution is -2.07. The lowest BCUT2D eigenvalue weighted by molar-refractivity contribution is -0.111. The van der Waals surface area contributed by atoms with E-state index in [1.807, 2.05) is 62.4 Å². The summed E-state index contributed by atoms with van der Waals surface area (Å²) in [7, 11) is 0. The number of nitrogens with zero attached hydrogens (tertiary/aromatic N) is 1. The van der Waals surface area contributed by atoms with Gasteiger partial charge in [0.25, 0.3) is 0 Å². The number of furan rings is 1. The average Bonchev–Trinajstić information content (AvgIpc) is 3.47. The highest BCUT2D eigenvalue weighted by Gasteiger charge is 2.10. The SMILES string of the molecule is Cc1ccc(-c2nc3cc(NC(=O)/C=C/c4ccc(-c5ccc(C)c(Cl)c5)o4)ccc3o2)cc1. The molecule has 3 aromatic carbocycles. The fourth-order valence-corrected chi connectivity index (χ4v) is 3.69. The van der Waals surface area contributed by atoms with Gasteiger partial charge in [0, 0.05) is 27.9 Å². The van der Waals surface area contributed by atoms with E-state index < -0.39 is 0 Å². The van der Waals surface area contributed by atoms with Crippen LogP contribution in [0.1, 0.15) is 16.9 Å². The fraction of sp³-hybridized carbons (Fsp3) is 0.0714. The van der Waals surface area contributed by atoms with E-state index in [4.69, 9.17) is 20.4 Å². The monoisotopic (exact) mass is 468 g/mol. The first-order chi connectivity index (χ1) is 16.4. The first kappa shape index (κ1) is 21.7. The molecule has 2 aromatic heterocycles. The van der Waals surface area contributed by atoms with Crippen LogP contribution in [0.25, 0.3) is 40.0 Å². The summed E-state index contributed by atoms with van der Waals surface area (Å²) < 4.78 is 11.7. The van der Waals surface area contributed by atoms with Crippen LogP contribution in [0.2, 0.25) is 5.02 Å². The van der Waals surface area contributed by atoms with Gasteiger partial charge in [0.05, 0.1) is 0 Å².